The van der Waals surface area contributed by atoms with Crippen molar-refractivity contribution < 1.29 is 0 Å². The van der Waals surface area contributed by atoms with E-state index in [9.17, 15) is 0 Å². The lowest BCUT2D eigenvalue weighted by atomic mass is 10.1. The molecule has 0 aliphatic rings. The first-order chi connectivity index (χ1) is 5.34. The van der Waals surface area contributed by atoms with Gasteiger partial charge in [-0.05, 0) is 24.5 Å². The lowest BCUT2D eigenvalue weighted by Gasteiger charge is -1.98. The van der Waals surface area contributed by atoms with Gasteiger partial charge in [0.15, 0.2) is 0 Å². The molecule has 58 valence electrons. The molecule has 0 spiro atoms. The first kappa shape index (κ1) is 8.06. The molecule has 0 saturated carbocycles. The van der Waals surface area contributed by atoms with Gasteiger partial charge in [-0.3, -0.25) is 0 Å². The maximum atomic E-state index is 2.25. The fourth-order valence-corrected chi connectivity index (χ4v) is 1.13. The minimum Gasteiger partial charge on any atom is -0.0813 e. The van der Waals surface area contributed by atoms with Crippen LogP contribution in [0.1, 0.15) is 25.8 Å². The Morgan fingerprint density at radius 1 is 1.27 bits per heavy atom. The van der Waals surface area contributed by atoms with E-state index in [1.54, 1.807) is 0 Å². The lowest BCUT2D eigenvalue weighted by molar-refractivity contribution is 1.22. The molecule has 0 nitrogen and oxygen atoms in total. The number of hydrogen-bond acceptors (Lipinski definition) is 0. The monoisotopic (exact) mass is 146 g/mol. The summed E-state index contributed by atoms with van der Waals surface area (Å²) >= 11 is 0. The molecular weight excluding hydrogens is 132 g/mol. The Morgan fingerprint density at radius 3 is 2.45 bits per heavy atom. The number of benzene rings is 1. The molecule has 1 aromatic carbocycles. The molecule has 1 aromatic rings. The van der Waals surface area contributed by atoms with Crippen molar-refractivity contribution in [2.75, 3.05) is 0 Å². The van der Waals surface area contributed by atoms with Gasteiger partial charge in [-0.15, -0.1) is 0 Å². The lowest BCUT2D eigenvalue weighted by Crippen LogP contribution is -1.76. The average Bonchev–Trinajstić information content (AvgIpc) is 2.07. The van der Waals surface area contributed by atoms with Crippen LogP contribution in [0, 0.1) is 0 Å². The Hall–Kier alpha value is -1.04. The molecule has 0 N–H and O–H groups in total. The normalized spacial score (nSPS) is 11.6. The summed E-state index contributed by atoms with van der Waals surface area (Å²) in [6, 6.07) is 10.5. The summed E-state index contributed by atoms with van der Waals surface area (Å²) in [7, 11) is 0. The van der Waals surface area contributed by atoms with Gasteiger partial charge in [-0.1, -0.05) is 43.3 Å². The summed E-state index contributed by atoms with van der Waals surface area (Å²) < 4.78 is 0. The Labute approximate surface area is 68.6 Å². The predicted octanol–water partition coefficient (Wildman–Crippen LogP) is 3.50. The van der Waals surface area contributed by atoms with Crippen LogP contribution in [0.2, 0.25) is 0 Å². The molecule has 0 amide bonds. The Balaban J connectivity index is 2.85. The molecule has 0 heteroatoms. The van der Waals surface area contributed by atoms with Crippen LogP contribution in [0.15, 0.2) is 36.4 Å². The maximum absolute atomic E-state index is 2.25. The average molecular weight is 146 g/mol. The van der Waals surface area contributed by atoms with Gasteiger partial charge < -0.3 is 0 Å². The molecule has 1 rings (SSSR count). The zero-order chi connectivity index (χ0) is 8.10. The third kappa shape index (κ3) is 2.23. The minimum absolute atomic E-state index is 1.11. The van der Waals surface area contributed by atoms with Gasteiger partial charge in [0.1, 0.15) is 0 Å². The first-order valence-electron chi connectivity index (χ1n) is 4.06. The molecule has 0 radical (unpaired) electrons. The van der Waals surface area contributed by atoms with E-state index >= 15 is 0 Å². The van der Waals surface area contributed by atoms with Crippen molar-refractivity contribution in [2.24, 2.45) is 0 Å². The molecule has 0 atom stereocenters. The second-order valence-corrected chi connectivity index (χ2v) is 2.66. The Morgan fingerprint density at radius 2 is 1.91 bits per heavy atom. The molecule has 0 fully saturated rings. The molecular formula is C11H14. The van der Waals surface area contributed by atoms with Crippen LogP contribution in [0.25, 0.3) is 5.57 Å². The van der Waals surface area contributed by atoms with Gasteiger partial charge >= 0.3 is 0 Å². The fourth-order valence-electron chi connectivity index (χ4n) is 1.13. The summed E-state index contributed by atoms with van der Waals surface area (Å²) in [5.74, 6) is 0. The van der Waals surface area contributed by atoms with Crippen molar-refractivity contribution in [3.05, 3.63) is 42.0 Å². The van der Waals surface area contributed by atoms with Gasteiger partial charge in [0.25, 0.3) is 0 Å². The van der Waals surface area contributed by atoms with Crippen molar-refractivity contribution in [3.63, 3.8) is 0 Å². The quantitative estimate of drug-likeness (QED) is 0.599. The first-order valence-corrected chi connectivity index (χ1v) is 4.06. The molecule has 0 aromatic heterocycles. The van der Waals surface area contributed by atoms with Crippen molar-refractivity contribution >= 4 is 5.57 Å². The van der Waals surface area contributed by atoms with E-state index in [2.05, 4.69) is 44.2 Å². The van der Waals surface area contributed by atoms with Crippen LogP contribution in [-0.2, 0) is 0 Å². The second-order valence-electron chi connectivity index (χ2n) is 2.66. The third-order valence-corrected chi connectivity index (χ3v) is 1.74. The number of hydrogen-bond donors (Lipinski definition) is 0. The highest BCUT2D eigenvalue weighted by Crippen LogP contribution is 2.12. The van der Waals surface area contributed by atoms with E-state index in [0.29, 0.717) is 0 Å². The number of rotatable bonds is 2. The molecule has 11 heavy (non-hydrogen) atoms. The van der Waals surface area contributed by atoms with E-state index in [0.717, 1.165) is 6.42 Å². The van der Waals surface area contributed by atoms with Gasteiger partial charge in [-0.2, -0.15) is 0 Å². The van der Waals surface area contributed by atoms with Crippen molar-refractivity contribution in [1.29, 1.82) is 0 Å². The highest BCUT2D eigenvalue weighted by molar-refractivity contribution is 5.63. The molecule has 0 aliphatic heterocycles. The largest absolute Gasteiger partial charge is 0.0813 e. The summed E-state index contributed by atoms with van der Waals surface area (Å²) in [5, 5.41) is 0. The van der Waals surface area contributed by atoms with E-state index in [4.69, 9.17) is 0 Å². The summed E-state index contributed by atoms with van der Waals surface area (Å²) in [5.41, 5.74) is 2.70. The van der Waals surface area contributed by atoms with Gasteiger partial charge in [0.2, 0.25) is 0 Å². The molecule has 0 aliphatic carbocycles. The van der Waals surface area contributed by atoms with Crippen LogP contribution in [-0.4, -0.2) is 0 Å². The Kier molecular flexibility index (Phi) is 2.91. The summed E-state index contributed by atoms with van der Waals surface area (Å²) in [6.45, 7) is 4.31. The van der Waals surface area contributed by atoms with Crippen LogP contribution in [0.3, 0.4) is 0 Å². The molecule has 0 heterocycles. The van der Waals surface area contributed by atoms with Crippen molar-refractivity contribution in [1.82, 2.24) is 0 Å². The van der Waals surface area contributed by atoms with E-state index in [1.165, 1.54) is 11.1 Å². The van der Waals surface area contributed by atoms with Crippen LogP contribution >= 0.6 is 0 Å². The summed E-state index contributed by atoms with van der Waals surface area (Å²) in [4.78, 5) is 0. The molecule has 0 saturated heterocycles. The van der Waals surface area contributed by atoms with Crippen LogP contribution < -0.4 is 0 Å². The predicted molar refractivity (Wildman–Crippen MR) is 50.4 cm³/mol. The maximum Gasteiger partial charge on any atom is -0.0231 e. The molecule has 0 bridgehead atoms. The van der Waals surface area contributed by atoms with Crippen molar-refractivity contribution in [3.8, 4) is 0 Å². The highest BCUT2D eigenvalue weighted by atomic mass is 14.0. The zero-order valence-electron chi connectivity index (χ0n) is 7.17. The molecule has 0 unspecified atom stereocenters. The topological polar surface area (TPSA) is 0 Å². The van der Waals surface area contributed by atoms with Gasteiger partial charge in [0.05, 0.1) is 0 Å². The van der Waals surface area contributed by atoms with E-state index in [1.807, 2.05) is 6.07 Å². The van der Waals surface area contributed by atoms with E-state index < -0.39 is 0 Å². The van der Waals surface area contributed by atoms with Gasteiger partial charge in [0, 0.05) is 0 Å². The van der Waals surface area contributed by atoms with Crippen LogP contribution in [0.4, 0.5) is 0 Å². The third-order valence-electron chi connectivity index (χ3n) is 1.74. The minimum atomic E-state index is 1.11. The second kappa shape index (κ2) is 3.97. The number of allylic oxidation sites excluding steroid dienone is 2. The highest BCUT2D eigenvalue weighted by Gasteiger charge is 1.90. The zero-order valence-corrected chi connectivity index (χ0v) is 7.17. The fraction of sp³-hybridized carbons (Fsp3) is 0.273. The smallest absolute Gasteiger partial charge is 0.0231 e. The van der Waals surface area contributed by atoms with Crippen LogP contribution in [0.5, 0.6) is 0 Å². The van der Waals surface area contributed by atoms with Crippen molar-refractivity contribution in [2.45, 2.75) is 20.3 Å². The van der Waals surface area contributed by atoms with E-state index in [-0.39, 0.29) is 0 Å². The standard InChI is InChI=1S/C11H14/c1-3-7-10(2)11-8-5-4-6-9-11/h4-9H,3H2,1-2H3/b10-7+. The summed E-state index contributed by atoms with van der Waals surface area (Å²) in [6.07, 6.45) is 3.36. The Bertz CT molecular complexity index is 231. The SMILES string of the molecule is CC/C=C(\C)c1ccccc1. The van der Waals surface area contributed by atoms with Gasteiger partial charge in [-0.25, -0.2) is 0 Å².